The fourth-order valence-corrected chi connectivity index (χ4v) is 3.27. The van der Waals surface area contributed by atoms with Crippen LogP contribution in [0.15, 0.2) is 34.9 Å². The second-order valence-electron chi connectivity index (χ2n) is 7.38. The molecule has 1 aromatic carbocycles. The SMILES string of the molecule is CCCCCCCCCCCCc1ccc(-c2coc(C(C)O)n2)cc1. The number of aliphatic hydroxyl groups is 1. The van der Waals surface area contributed by atoms with E-state index >= 15 is 0 Å². The Morgan fingerprint density at radius 3 is 2.00 bits per heavy atom. The van der Waals surface area contributed by atoms with Gasteiger partial charge >= 0.3 is 0 Å². The van der Waals surface area contributed by atoms with Gasteiger partial charge in [0.15, 0.2) is 0 Å². The Labute approximate surface area is 158 Å². The van der Waals surface area contributed by atoms with Crippen LogP contribution in [0.4, 0.5) is 0 Å². The standard InChI is InChI=1S/C23H35NO2/c1-3-4-5-6-7-8-9-10-11-12-13-20-14-16-21(17-15-20)22-18-26-23(24-22)19(2)25/h14-19,25H,3-13H2,1-2H3. The van der Waals surface area contributed by atoms with Gasteiger partial charge in [-0.2, -0.15) is 0 Å². The lowest BCUT2D eigenvalue weighted by Crippen LogP contribution is -1.90. The molecular formula is C23H35NO2. The summed E-state index contributed by atoms with van der Waals surface area (Å²) in [6.45, 7) is 3.93. The van der Waals surface area contributed by atoms with E-state index in [9.17, 15) is 5.11 Å². The van der Waals surface area contributed by atoms with Crippen molar-refractivity contribution in [2.24, 2.45) is 0 Å². The van der Waals surface area contributed by atoms with Crippen molar-refractivity contribution < 1.29 is 9.52 Å². The second kappa shape index (κ2) is 11.9. The van der Waals surface area contributed by atoms with Crippen LogP contribution in [0.3, 0.4) is 0 Å². The van der Waals surface area contributed by atoms with Crippen LogP contribution >= 0.6 is 0 Å². The molecule has 1 atom stereocenters. The average Bonchev–Trinajstić information content (AvgIpc) is 3.14. The highest BCUT2D eigenvalue weighted by atomic mass is 16.4. The van der Waals surface area contributed by atoms with E-state index in [1.54, 1.807) is 13.2 Å². The average molecular weight is 358 g/mol. The highest BCUT2D eigenvalue weighted by molar-refractivity contribution is 5.58. The van der Waals surface area contributed by atoms with Gasteiger partial charge in [-0.1, -0.05) is 89.0 Å². The first-order valence-electron chi connectivity index (χ1n) is 10.4. The number of benzene rings is 1. The van der Waals surface area contributed by atoms with Gasteiger partial charge in [-0.15, -0.1) is 0 Å². The molecule has 3 nitrogen and oxygen atoms in total. The van der Waals surface area contributed by atoms with E-state index in [2.05, 4.69) is 36.2 Å². The molecule has 0 aliphatic carbocycles. The molecule has 0 aliphatic rings. The van der Waals surface area contributed by atoms with Crippen LogP contribution in [-0.4, -0.2) is 10.1 Å². The Bertz CT molecular complexity index is 601. The van der Waals surface area contributed by atoms with E-state index in [1.165, 1.54) is 69.8 Å². The Morgan fingerprint density at radius 2 is 1.46 bits per heavy atom. The second-order valence-corrected chi connectivity index (χ2v) is 7.38. The summed E-state index contributed by atoms with van der Waals surface area (Å²) >= 11 is 0. The molecule has 0 spiro atoms. The summed E-state index contributed by atoms with van der Waals surface area (Å²) in [5.41, 5.74) is 3.20. The quantitative estimate of drug-likeness (QED) is 0.398. The maximum atomic E-state index is 9.49. The largest absolute Gasteiger partial charge is 0.446 e. The smallest absolute Gasteiger partial charge is 0.223 e. The molecular weight excluding hydrogens is 322 g/mol. The Kier molecular flexibility index (Phi) is 9.47. The molecule has 0 aliphatic heterocycles. The number of oxazole rings is 1. The van der Waals surface area contributed by atoms with E-state index in [0.717, 1.165) is 17.7 Å². The summed E-state index contributed by atoms with van der Waals surface area (Å²) in [7, 11) is 0. The third-order valence-corrected chi connectivity index (χ3v) is 4.95. The van der Waals surface area contributed by atoms with E-state index < -0.39 is 6.10 Å². The fraction of sp³-hybridized carbons (Fsp3) is 0.609. The number of nitrogens with zero attached hydrogens (tertiary/aromatic N) is 1. The Hall–Kier alpha value is -1.61. The van der Waals surface area contributed by atoms with E-state index in [0.29, 0.717) is 5.89 Å². The Morgan fingerprint density at radius 1 is 0.885 bits per heavy atom. The molecule has 1 heterocycles. The van der Waals surface area contributed by atoms with Crippen molar-refractivity contribution in [2.45, 2.75) is 90.6 Å². The highest BCUT2D eigenvalue weighted by Crippen LogP contribution is 2.22. The molecule has 1 aromatic heterocycles. The lowest BCUT2D eigenvalue weighted by atomic mass is 10.0. The minimum Gasteiger partial charge on any atom is -0.446 e. The number of aromatic nitrogens is 1. The fourth-order valence-electron chi connectivity index (χ4n) is 3.27. The molecule has 144 valence electrons. The topological polar surface area (TPSA) is 46.3 Å². The third kappa shape index (κ3) is 7.33. The van der Waals surface area contributed by atoms with Crippen LogP contribution in [0.1, 0.15) is 95.6 Å². The van der Waals surface area contributed by atoms with Gasteiger partial charge in [-0.05, 0) is 25.3 Å². The summed E-state index contributed by atoms with van der Waals surface area (Å²) in [5, 5.41) is 9.49. The molecule has 0 fully saturated rings. The number of hydrogen-bond donors (Lipinski definition) is 1. The summed E-state index contributed by atoms with van der Waals surface area (Å²) in [6.07, 6.45) is 15.8. The normalized spacial score (nSPS) is 12.4. The summed E-state index contributed by atoms with van der Waals surface area (Å²) < 4.78 is 5.29. The molecule has 2 aromatic rings. The predicted molar refractivity (Wildman–Crippen MR) is 108 cm³/mol. The van der Waals surface area contributed by atoms with E-state index in [4.69, 9.17) is 4.42 Å². The van der Waals surface area contributed by atoms with Gasteiger partial charge < -0.3 is 9.52 Å². The zero-order chi connectivity index (χ0) is 18.6. The number of hydrogen-bond acceptors (Lipinski definition) is 3. The predicted octanol–water partition coefficient (Wildman–Crippen LogP) is 6.86. The first-order valence-corrected chi connectivity index (χ1v) is 10.4. The van der Waals surface area contributed by atoms with Crippen LogP contribution in [-0.2, 0) is 6.42 Å². The van der Waals surface area contributed by atoms with Crippen molar-refractivity contribution in [3.63, 3.8) is 0 Å². The van der Waals surface area contributed by atoms with Crippen LogP contribution in [0.5, 0.6) is 0 Å². The van der Waals surface area contributed by atoms with Crippen molar-refractivity contribution in [3.05, 3.63) is 42.0 Å². The van der Waals surface area contributed by atoms with Gasteiger partial charge in [0, 0.05) is 5.56 Å². The minimum absolute atomic E-state index is 0.370. The molecule has 0 saturated carbocycles. The maximum absolute atomic E-state index is 9.49. The van der Waals surface area contributed by atoms with Gasteiger partial charge in [-0.3, -0.25) is 0 Å². The summed E-state index contributed by atoms with van der Waals surface area (Å²) in [4.78, 5) is 4.32. The minimum atomic E-state index is -0.667. The Balaban J connectivity index is 1.60. The maximum Gasteiger partial charge on any atom is 0.223 e. The molecule has 1 N–H and O–H groups in total. The van der Waals surface area contributed by atoms with Crippen molar-refractivity contribution in [2.75, 3.05) is 0 Å². The summed E-state index contributed by atoms with van der Waals surface area (Å²) in [5.74, 6) is 0.370. The van der Waals surface area contributed by atoms with Gasteiger partial charge in [0.25, 0.3) is 0 Å². The number of aliphatic hydroxyl groups excluding tert-OH is 1. The van der Waals surface area contributed by atoms with Gasteiger partial charge in [-0.25, -0.2) is 4.98 Å². The lowest BCUT2D eigenvalue weighted by molar-refractivity contribution is 0.163. The van der Waals surface area contributed by atoms with E-state index in [1.807, 2.05) is 0 Å². The van der Waals surface area contributed by atoms with Crippen LogP contribution < -0.4 is 0 Å². The van der Waals surface area contributed by atoms with Crippen molar-refractivity contribution in [1.29, 1.82) is 0 Å². The number of aryl methyl sites for hydroxylation is 1. The van der Waals surface area contributed by atoms with E-state index in [-0.39, 0.29) is 0 Å². The van der Waals surface area contributed by atoms with Crippen LogP contribution in [0.2, 0.25) is 0 Å². The number of unbranched alkanes of at least 4 members (excludes halogenated alkanes) is 9. The third-order valence-electron chi connectivity index (χ3n) is 4.95. The first kappa shape index (κ1) is 20.7. The molecule has 1 unspecified atom stereocenters. The zero-order valence-corrected chi connectivity index (χ0v) is 16.5. The molecule has 0 bridgehead atoms. The monoisotopic (exact) mass is 357 g/mol. The van der Waals surface area contributed by atoms with Crippen molar-refractivity contribution >= 4 is 0 Å². The molecule has 2 rings (SSSR count). The van der Waals surface area contributed by atoms with Gasteiger partial charge in [0.05, 0.1) is 0 Å². The summed E-state index contributed by atoms with van der Waals surface area (Å²) in [6, 6.07) is 8.55. The molecule has 0 radical (unpaired) electrons. The first-order chi connectivity index (χ1) is 12.7. The van der Waals surface area contributed by atoms with Gasteiger partial charge in [0.2, 0.25) is 5.89 Å². The molecule has 0 amide bonds. The molecule has 0 saturated heterocycles. The lowest BCUT2D eigenvalue weighted by Gasteiger charge is -2.04. The van der Waals surface area contributed by atoms with Crippen LogP contribution in [0.25, 0.3) is 11.3 Å². The van der Waals surface area contributed by atoms with Crippen molar-refractivity contribution in [1.82, 2.24) is 4.98 Å². The number of rotatable bonds is 13. The highest BCUT2D eigenvalue weighted by Gasteiger charge is 2.10. The zero-order valence-electron chi connectivity index (χ0n) is 16.5. The molecule has 3 heteroatoms. The van der Waals surface area contributed by atoms with Crippen LogP contribution in [0, 0.1) is 0 Å². The molecule has 26 heavy (non-hydrogen) atoms. The van der Waals surface area contributed by atoms with Crippen molar-refractivity contribution in [3.8, 4) is 11.3 Å². The van der Waals surface area contributed by atoms with Gasteiger partial charge in [0.1, 0.15) is 18.1 Å².